The van der Waals surface area contributed by atoms with Crippen molar-refractivity contribution >= 4 is 28.3 Å². The van der Waals surface area contributed by atoms with Gasteiger partial charge < -0.3 is 10.6 Å². The average Bonchev–Trinajstić information content (AvgIpc) is 3.21. The highest BCUT2D eigenvalue weighted by Gasteiger charge is 2.29. The van der Waals surface area contributed by atoms with E-state index in [0.29, 0.717) is 11.2 Å². The molecule has 5 heteroatoms. The van der Waals surface area contributed by atoms with E-state index in [0.717, 1.165) is 18.2 Å². The fraction of sp³-hybridized carbons (Fsp3) is 0.308. The maximum absolute atomic E-state index is 11.7. The number of nitrogens with zero attached hydrogens (tertiary/aromatic N) is 2. The highest BCUT2D eigenvalue weighted by molar-refractivity contribution is 5.97. The maximum Gasteiger partial charge on any atom is 0.228 e. The van der Waals surface area contributed by atoms with Crippen molar-refractivity contribution in [2.45, 2.75) is 12.8 Å². The topological polar surface area (TPSA) is 66.9 Å². The molecule has 2 heterocycles. The molecule has 18 heavy (non-hydrogen) atoms. The third-order valence-electron chi connectivity index (χ3n) is 2.97. The molecule has 1 aliphatic rings. The van der Waals surface area contributed by atoms with Crippen molar-refractivity contribution in [3.8, 4) is 0 Å². The maximum atomic E-state index is 11.7. The van der Waals surface area contributed by atoms with Crippen molar-refractivity contribution in [3.63, 3.8) is 0 Å². The monoisotopic (exact) mass is 245 g/mol. The molecule has 1 aliphatic carbocycles. The first-order valence-electron chi connectivity index (χ1n) is 7.26. The molecule has 0 aliphatic heterocycles. The minimum absolute atomic E-state index is 0.0169. The van der Waals surface area contributed by atoms with E-state index in [9.17, 15) is 4.79 Å². The number of hydrogen-bond acceptors (Lipinski definition) is 4. The van der Waals surface area contributed by atoms with Crippen LogP contribution in [0.1, 0.15) is 17.0 Å². The summed E-state index contributed by atoms with van der Waals surface area (Å²) in [5, 5.41) is 6.49. The highest BCUT2D eigenvalue weighted by Crippen LogP contribution is 2.30. The van der Waals surface area contributed by atoms with Crippen LogP contribution in [-0.2, 0) is 4.79 Å². The standard InChI is InChI=1S/C13H14N4O/c1-14-12-10-7-16-11(6-9(10)4-5-15-12)17-13(18)8-2-3-8/h4-8H,2-3H2,1H3,(H,14,15)(H,16,17,18)/i1D3. The SMILES string of the molecule is [2H]C([2H])([2H])Nc1nccc2cc(NC(=O)C3CC3)ncc12. The van der Waals surface area contributed by atoms with E-state index in [2.05, 4.69) is 20.6 Å². The largest absolute Gasteiger partial charge is 0.373 e. The van der Waals surface area contributed by atoms with Crippen LogP contribution in [0.15, 0.2) is 24.5 Å². The highest BCUT2D eigenvalue weighted by atomic mass is 16.2. The minimum atomic E-state index is -2.32. The van der Waals surface area contributed by atoms with E-state index < -0.39 is 6.98 Å². The minimum Gasteiger partial charge on any atom is -0.373 e. The lowest BCUT2D eigenvalue weighted by Crippen LogP contribution is -2.14. The molecule has 2 aromatic rings. The number of aromatic nitrogens is 2. The van der Waals surface area contributed by atoms with Crippen LogP contribution >= 0.6 is 0 Å². The fourth-order valence-electron chi connectivity index (χ4n) is 1.81. The zero-order valence-electron chi connectivity index (χ0n) is 12.6. The van der Waals surface area contributed by atoms with E-state index in [4.69, 9.17) is 4.11 Å². The number of amides is 1. The van der Waals surface area contributed by atoms with Crippen molar-refractivity contribution in [2.75, 3.05) is 17.6 Å². The normalized spacial score (nSPS) is 17.7. The lowest BCUT2D eigenvalue weighted by molar-refractivity contribution is -0.117. The molecule has 3 rings (SSSR count). The number of rotatable bonds is 3. The Labute approximate surface area is 109 Å². The van der Waals surface area contributed by atoms with Crippen molar-refractivity contribution in [2.24, 2.45) is 5.92 Å². The molecule has 1 amide bonds. The van der Waals surface area contributed by atoms with Gasteiger partial charge in [0.2, 0.25) is 5.91 Å². The molecule has 0 radical (unpaired) electrons. The molecule has 92 valence electrons. The van der Waals surface area contributed by atoms with Crippen LogP contribution in [0.25, 0.3) is 10.8 Å². The molecule has 5 nitrogen and oxygen atoms in total. The Hall–Kier alpha value is -2.17. The molecule has 0 unspecified atom stereocenters. The van der Waals surface area contributed by atoms with Gasteiger partial charge in [-0.3, -0.25) is 4.79 Å². The number of pyridine rings is 2. The first kappa shape index (κ1) is 8.02. The zero-order valence-corrected chi connectivity index (χ0v) is 9.60. The van der Waals surface area contributed by atoms with Gasteiger partial charge in [0.15, 0.2) is 0 Å². The number of fused-ring (bicyclic) bond motifs is 1. The number of carbonyl (C=O) groups is 1. The first-order chi connectivity index (χ1) is 9.92. The number of hydrogen-bond donors (Lipinski definition) is 2. The van der Waals surface area contributed by atoms with Crippen LogP contribution in [0.5, 0.6) is 0 Å². The summed E-state index contributed by atoms with van der Waals surface area (Å²) in [7, 11) is 0. The third kappa shape index (κ3) is 1.99. The van der Waals surface area contributed by atoms with Gasteiger partial charge in [0.05, 0.1) is 0 Å². The van der Waals surface area contributed by atoms with E-state index >= 15 is 0 Å². The lowest BCUT2D eigenvalue weighted by atomic mass is 10.2. The van der Waals surface area contributed by atoms with Crippen molar-refractivity contribution in [1.29, 1.82) is 0 Å². The molecule has 0 spiro atoms. The summed E-state index contributed by atoms with van der Waals surface area (Å²) >= 11 is 0. The molecule has 0 atom stereocenters. The van der Waals surface area contributed by atoms with Gasteiger partial charge >= 0.3 is 0 Å². The van der Waals surface area contributed by atoms with E-state index in [1.54, 1.807) is 12.1 Å². The Balaban J connectivity index is 1.89. The van der Waals surface area contributed by atoms with Crippen molar-refractivity contribution in [1.82, 2.24) is 9.97 Å². The molecule has 0 bridgehead atoms. The van der Waals surface area contributed by atoms with Gasteiger partial charge in [-0.15, -0.1) is 0 Å². The van der Waals surface area contributed by atoms with E-state index in [1.807, 2.05) is 0 Å². The molecular weight excluding hydrogens is 228 g/mol. The van der Waals surface area contributed by atoms with Gasteiger partial charge in [-0.2, -0.15) is 0 Å². The molecule has 1 saturated carbocycles. The molecule has 0 saturated heterocycles. The summed E-state index contributed by atoms with van der Waals surface area (Å²) < 4.78 is 21.7. The molecular formula is C13H14N4O. The van der Waals surface area contributed by atoms with Gasteiger partial charge in [-0.1, -0.05) is 0 Å². The Morgan fingerprint density at radius 3 is 3.17 bits per heavy atom. The van der Waals surface area contributed by atoms with Gasteiger partial charge in [0.1, 0.15) is 11.6 Å². The van der Waals surface area contributed by atoms with Crippen LogP contribution in [0.2, 0.25) is 0 Å². The Bertz CT molecular complexity index is 697. The van der Waals surface area contributed by atoms with Crippen molar-refractivity contribution in [3.05, 3.63) is 24.5 Å². The zero-order chi connectivity index (χ0) is 15.0. The summed E-state index contributed by atoms with van der Waals surface area (Å²) in [4.78, 5) is 19.9. The fourth-order valence-corrected chi connectivity index (χ4v) is 1.81. The Morgan fingerprint density at radius 1 is 1.50 bits per heavy atom. The predicted octanol–water partition coefficient (Wildman–Crippen LogP) is 2.02. The number of nitrogens with one attached hydrogen (secondary N) is 2. The smallest absolute Gasteiger partial charge is 0.228 e. The Kier molecular flexibility index (Phi) is 1.90. The van der Waals surface area contributed by atoms with Crippen LogP contribution in [0, 0.1) is 5.92 Å². The summed E-state index contributed by atoms with van der Waals surface area (Å²) in [5.74, 6) is 0.801. The molecule has 0 aromatic carbocycles. The molecule has 2 aromatic heterocycles. The average molecular weight is 245 g/mol. The summed E-state index contributed by atoms with van der Waals surface area (Å²) in [5.41, 5.74) is 0. The van der Waals surface area contributed by atoms with Gasteiger partial charge in [0.25, 0.3) is 0 Å². The number of anilines is 2. The van der Waals surface area contributed by atoms with E-state index in [-0.39, 0.29) is 17.6 Å². The quantitative estimate of drug-likeness (QED) is 0.868. The summed E-state index contributed by atoms with van der Waals surface area (Å²) in [6.07, 6.45) is 4.88. The van der Waals surface area contributed by atoms with Crippen molar-refractivity contribution < 1.29 is 8.91 Å². The van der Waals surface area contributed by atoms with E-state index in [1.165, 1.54) is 12.4 Å². The van der Waals surface area contributed by atoms with Gasteiger partial charge in [-0.05, 0) is 30.4 Å². The lowest BCUT2D eigenvalue weighted by Gasteiger charge is -2.07. The Morgan fingerprint density at radius 2 is 2.39 bits per heavy atom. The summed E-state index contributed by atoms with van der Waals surface area (Å²) in [6, 6.07) is 3.45. The number of carbonyl (C=O) groups excluding carboxylic acids is 1. The third-order valence-corrected chi connectivity index (χ3v) is 2.97. The first-order valence-corrected chi connectivity index (χ1v) is 5.76. The van der Waals surface area contributed by atoms with Gasteiger partial charge in [0, 0.05) is 34.8 Å². The van der Waals surface area contributed by atoms with Gasteiger partial charge in [-0.25, -0.2) is 9.97 Å². The second kappa shape index (κ2) is 4.25. The molecule has 2 N–H and O–H groups in total. The van der Waals surface area contributed by atoms with Crippen LogP contribution < -0.4 is 10.6 Å². The van der Waals surface area contributed by atoms with Crippen LogP contribution in [0.3, 0.4) is 0 Å². The second-order valence-corrected chi connectivity index (χ2v) is 4.34. The summed E-state index contributed by atoms with van der Waals surface area (Å²) in [6.45, 7) is -2.32. The van der Waals surface area contributed by atoms with Crippen LogP contribution in [-0.4, -0.2) is 22.9 Å². The predicted molar refractivity (Wildman–Crippen MR) is 70.4 cm³/mol. The second-order valence-electron chi connectivity index (χ2n) is 4.34. The van der Waals surface area contributed by atoms with Crippen LogP contribution in [0.4, 0.5) is 11.6 Å². The molecule has 1 fully saturated rings.